The Balaban J connectivity index is 3.22. The number of carbonyl (C=O) groups is 2. The zero-order valence-electron chi connectivity index (χ0n) is 10.2. The van der Waals surface area contributed by atoms with Crippen LogP contribution in [-0.4, -0.2) is 42.4 Å². The van der Waals surface area contributed by atoms with E-state index >= 15 is 0 Å². The standard InChI is InChI=1S/C12H12N2O5/c1-19-9-3-2-8(5-13)10(4-9)14(6-11(15)16)7-12(17)18/h2-4H,6-7H2,1H3,(H,15,16)(H,17,18). The Bertz CT molecular complexity index is 519. The van der Waals surface area contributed by atoms with E-state index in [1.807, 2.05) is 6.07 Å². The minimum absolute atomic E-state index is 0.184. The number of methoxy groups -OCH3 is 1. The number of carboxylic acid groups (broad SMARTS) is 2. The van der Waals surface area contributed by atoms with E-state index in [0.29, 0.717) is 5.75 Å². The molecular weight excluding hydrogens is 252 g/mol. The van der Waals surface area contributed by atoms with Crippen molar-refractivity contribution < 1.29 is 24.5 Å². The molecule has 0 radical (unpaired) electrons. The van der Waals surface area contributed by atoms with Crippen LogP contribution < -0.4 is 9.64 Å². The second-order valence-corrected chi connectivity index (χ2v) is 3.64. The predicted molar refractivity (Wildman–Crippen MR) is 65.2 cm³/mol. The van der Waals surface area contributed by atoms with Gasteiger partial charge < -0.3 is 19.8 Å². The first-order chi connectivity index (χ1) is 8.97. The van der Waals surface area contributed by atoms with Gasteiger partial charge >= 0.3 is 11.9 Å². The van der Waals surface area contributed by atoms with E-state index in [9.17, 15) is 9.59 Å². The van der Waals surface area contributed by atoms with Crippen LogP contribution >= 0.6 is 0 Å². The number of carboxylic acids is 2. The molecule has 7 nitrogen and oxygen atoms in total. The molecule has 1 aromatic carbocycles. The van der Waals surface area contributed by atoms with Crippen LogP contribution in [0.4, 0.5) is 5.69 Å². The second kappa shape index (κ2) is 6.26. The van der Waals surface area contributed by atoms with Crippen molar-refractivity contribution in [1.29, 1.82) is 5.26 Å². The third kappa shape index (κ3) is 3.89. The Kier molecular flexibility index (Phi) is 4.71. The summed E-state index contributed by atoms with van der Waals surface area (Å²) < 4.78 is 4.98. The average molecular weight is 264 g/mol. The lowest BCUT2D eigenvalue weighted by molar-refractivity contribution is -0.136. The first-order valence-corrected chi connectivity index (χ1v) is 5.24. The number of hydrogen-bond acceptors (Lipinski definition) is 5. The first-order valence-electron chi connectivity index (χ1n) is 5.24. The van der Waals surface area contributed by atoms with Gasteiger partial charge in [0.25, 0.3) is 0 Å². The highest BCUT2D eigenvalue weighted by atomic mass is 16.5. The maximum Gasteiger partial charge on any atom is 0.323 e. The van der Waals surface area contributed by atoms with E-state index in [2.05, 4.69) is 0 Å². The fourth-order valence-electron chi connectivity index (χ4n) is 1.55. The van der Waals surface area contributed by atoms with E-state index in [0.717, 1.165) is 4.90 Å². The molecule has 0 saturated heterocycles. The lowest BCUT2D eigenvalue weighted by Gasteiger charge is -2.22. The summed E-state index contributed by atoms with van der Waals surface area (Å²) in [4.78, 5) is 22.6. The van der Waals surface area contributed by atoms with Crippen LogP contribution in [-0.2, 0) is 9.59 Å². The molecule has 0 bridgehead atoms. The van der Waals surface area contributed by atoms with E-state index < -0.39 is 25.0 Å². The first kappa shape index (κ1) is 14.3. The molecule has 0 amide bonds. The summed E-state index contributed by atoms with van der Waals surface area (Å²) >= 11 is 0. The molecule has 0 aliphatic rings. The van der Waals surface area contributed by atoms with Crippen LogP contribution in [0.15, 0.2) is 18.2 Å². The van der Waals surface area contributed by atoms with Gasteiger partial charge in [0.05, 0.1) is 18.4 Å². The smallest absolute Gasteiger partial charge is 0.323 e. The van der Waals surface area contributed by atoms with Crippen LogP contribution in [0, 0.1) is 11.3 Å². The van der Waals surface area contributed by atoms with E-state index in [1.54, 1.807) is 6.07 Å². The normalized spacial score (nSPS) is 9.47. The number of anilines is 1. The van der Waals surface area contributed by atoms with Crippen molar-refractivity contribution >= 4 is 17.6 Å². The molecular formula is C12H12N2O5. The van der Waals surface area contributed by atoms with Gasteiger partial charge in [-0.25, -0.2) is 0 Å². The van der Waals surface area contributed by atoms with E-state index in [4.69, 9.17) is 20.2 Å². The molecule has 1 aromatic rings. The molecule has 100 valence electrons. The zero-order valence-corrected chi connectivity index (χ0v) is 10.2. The highest BCUT2D eigenvalue weighted by Crippen LogP contribution is 2.25. The minimum atomic E-state index is -1.19. The zero-order chi connectivity index (χ0) is 14.4. The number of nitrogens with zero attached hydrogens (tertiary/aromatic N) is 2. The van der Waals surface area contributed by atoms with Gasteiger partial charge in [0.1, 0.15) is 24.9 Å². The molecule has 0 heterocycles. The number of benzene rings is 1. The lowest BCUT2D eigenvalue weighted by Crippen LogP contribution is -2.35. The third-order valence-electron chi connectivity index (χ3n) is 2.32. The Labute approximate surface area is 109 Å². The molecule has 1 rings (SSSR count). The summed E-state index contributed by atoms with van der Waals surface area (Å²) in [6, 6.07) is 6.32. The Morgan fingerprint density at radius 1 is 1.32 bits per heavy atom. The summed E-state index contributed by atoms with van der Waals surface area (Å²) in [5.41, 5.74) is 0.398. The van der Waals surface area contributed by atoms with Crippen LogP contribution in [0.5, 0.6) is 5.75 Å². The van der Waals surface area contributed by atoms with Crippen LogP contribution in [0.1, 0.15) is 5.56 Å². The molecule has 0 aromatic heterocycles. The van der Waals surface area contributed by atoms with Gasteiger partial charge in [-0.3, -0.25) is 9.59 Å². The number of ether oxygens (including phenoxy) is 1. The van der Waals surface area contributed by atoms with Crippen LogP contribution in [0.25, 0.3) is 0 Å². The Hall–Kier alpha value is -2.75. The molecule has 7 heteroatoms. The molecule has 0 unspecified atom stereocenters. The number of rotatable bonds is 6. The van der Waals surface area contributed by atoms with Gasteiger partial charge in [0, 0.05) is 6.07 Å². The second-order valence-electron chi connectivity index (χ2n) is 3.64. The molecule has 0 aliphatic carbocycles. The average Bonchev–Trinajstić information content (AvgIpc) is 2.36. The molecule has 0 spiro atoms. The topological polar surface area (TPSA) is 111 Å². The minimum Gasteiger partial charge on any atom is -0.497 e. The molecule has 19 heavy (non-hydrogen) atoms. The van der Waals surface area contributed by atoms with E-state index in [-0.39, 0.29) is 11.3 Å². The summed E-state index contributed by atoms with van der Waals surface area (Å²) in [7, 11) is 1.42. The van der Waals surface area contributed by atoms with Gasteiger partial charge in [-0.05, 0) is 12.1 Å². The predicted octanol–water partition coefficient (Wildman–Crippen LogP) is 0.542. The highest BCUT2D eigenvalue weighted by Gasteiger charge is 2.18. The van der Waals surface area contributed by atoms with Crippen LogP contribution in [0.2, 0.25) is 0 Å². The molecule has 0 fully saturated rings. The Morgan fingerprint density at radius 2 is 1.89 bits per heavy atom. The molecule has 0 atom stereocenters. The number of hydrogen-bond donors (Lipinski definition) is 2. The van der Waals surface area contributed by atoms with Gasteiger partial charge in [-0.2, -0.15) is 5.26 Å². The van der Waals surface area contributed by atoms with Gasteiger partial charge in [0.2, 0.25) is 0 Å². The summed E-state index contributed by atoms with van der Waals surface area (Å²) in [6.07, 6.45) is 0. The summed E-state index contributed by atoms with van der Waals surface area (Å²) in [5, 5.41) is 26.6. The van der Waals surface area contributed by atoms with Crippen molar-refractivity contribution in [3.05, 3.63) is 23.8 Å². The van der Waals surface area contributed by atoms with Crippen molar-refractivity contribution in [2.24, 2.45) is 0 Å². The van der Waals surface area contributed by atoms with Crippen molar-refractivity contribution in [2.75, 3.05) is 25.1 Å². The number of nitriles is 1. The fourth-order valence-corrected chi connectivity index (χ4v) is 1.55. The van der Waals surface area contributed by atoms with Crippen molar-refractivity contribution in [2.45, 2.75) is 0 Å². The summed E-state index contributed by atoms with van der Waals surface area (Å²) in [6.45, 7) is -1.04. The molecule has 0 saturated carbocycles. The molecule has 2 N–H and O–H groups in total. The third-order valence-corrected chi connectivity index (χ3v) is 2.32. The quantitative estimate of drug-likeness (QED) is 0.771. The lowest BCUT2D eigenvalue weighted by atomic mass is 10.1. The maximum absolute atomic E-state index is 10.8. The highest BCUT2D eigenvalue weighted by molar-refractivity contribution is 5.81. The van der Waals surface area contributed by atoms with Crippen molar-refractivity contribution in [3.63, 3.8) is 0 Å². The summed E-state index contributed by atoms with van der Waals surface area (Å²) in [5.74, 6) is -1.96. The monoisotopic (exact) mass is 264 g/mol. The van der Waals surface area contributed by atoms with Gasteiger partial charge in [0.15, 0.2) is 0 Å². The Morgan fingerprint density at radius 3 is 2.32 bits per heavy atom. The largest absolute Gasteiger partial charge is 0.497 e. The SMILES string of the molecule is COc1ccc(C#N)c(N(CC(=O)O)CC(=O)O)c1. The van der Waals surface area contributed by atoms with Gasteiger partial charge in [-0.1, -0.05) is 0 Å². The van der Waals surface area contributed by atoms with E-state index in [1.165, 1.54) is 19.2 Å². The maximum atomic E-state index is 10.8. The van der Waals surface area contributed by atoms with Crippen LogP contribution in [0.3, 0.4) is 0 Å². The van der Waals surface area contributed by atoms with Crippen molar-refractivity contribution in [3.8, 4) is 11.8 Å². The fraction of sp³-hybridized carbons (Fsp3) is 0.250. The molecule has 0 aliphatic heterocycles. The van der Waals surface area contributed by atoms with Gasteiger partial charge in [-0.15, -0.1) is 0 Å². The number of aliphatic carboxylic acids is 2. The van der Waals surface area contributed by atoms with Crippen molar-refractivity contribution in [1.82, 2.24) is 0 Å².